The lowest BCUT2D eigenvalue weighted by Gasteiger charge is -2.06. The highest BCUT2D eigenvalue weighted by Crippen LogP contribution is 2.25. The molecular formula is C18H13F3N2OS. The van der Waals surface area contributed by atoms with Crippen LogP contribution in [-0.4, -0.2) is 10.9 Å². The van der Waals surface area contributed by atoms with Gasteiger partial charge in [-0.05, 0) is 25.1 Å². The lowest BCUT2D eigenvalue weighted by molar-refractivity contribution is -0.115. The minimum Gasteiger partial charge on any atom is -0.323 e. The molecule has 2 aromatic carbocycles. The second-order valence-corrected chi connectivity index (χ2v) is 6.32. The number of aryl methyl sites for hydroxylation is 1. The zero-order valence-electron chi connectivity index (χ0n) is 13.1. The van der Waals surface area contributed by atoms with Crippen LogP contribution in [0.15, 0.2) is 41.8 Å². The van der Waals surface area contributed by atoms with Gasteiger partial charge in [-0.3, -0.25) is 4.79 Å². The first kappa shape index (κ1) is 17.2. The summed E-state index contributed by atoms with van der Waals surface area (Å²) in [6.07, 6.45) is -0.0965. The highest BCUT2D eigenvalue weighted by molar-refractivity contribution is 7.13. The van der Waals surface area contributed by atoms with E-state index >= 15 is 0 Å². The maximum absolute atomic E-state index is 13.6. The van der Waals surface area contributed by atoms with Crippen LogP contribution < -0.4 is 5.32 Å². The second kappa shape index (κ2) is 7.06. The average Bonchev–Trinajstić information content (AvgIpc) is 3.04. The van der Waals surface area contributed by atoms with Crippen LogP contribution in [0.3, 0.4) is 0 Å². The van der Waals surface area contributed by atoms with Crippen molar-refractivity contribution in [1.29, 1.82) is 0 Å². The Balaban J connectivity index is 1.71. The van der Waals surface area contributed by atoms with E-state index in [4.69, 9.17) is 0 Å². The van der Waals surface area contributed by atoms with Crippen molar-refractivity contribution in [2.24, 2.45) is 0 Å². The lowest BCUT2D eigenvalue weighted by Crippen LogP contribution is -2.16. The van der Waals surface area contributed by atoms with Crippen molar-refractivity contribution in [1.82, 2.24) is 4.98 Å². The zero-order chi connectivity index (χ0) is 18.0. The molecule has 128 valence electrons. The predicted molar refractivity (Wildman–Crippen MR) is 90.9 cm³/mol. The number of nitrogens with one attached hydrogen (secondary N) is 1. The number of rotatable bonds is 4. The number of hydrogen-bond donors (Lipinski definition) is 1. The third-order valence-corrected chi connectivity index (χ3v) is 4.41. The monoisotopic (exact) mass is 362 g/mol. The van der Waals surface area contributed by atoms with Crippen LogP contribution in [0.5, 0.6) is 0 Å². The van der Waals surface area contributed by atoms with Crippen LogP contribution in [0.25, 0.3) is 10.6 Å². The molecule has 25 heavy (non-hydrogen) atoms. The fourth-order valence-electron chi connectivity index (χ4n) is 2.28. The Morgan fingerprint density at radius 1 is 1.16 bits per heavy atom. The van der Waals surface area contributed by atoms with Gasteiger partial charge in [0.25, 0.3) is 0 Å². The smallest absolute Gasteiger partial charge is 0.230 e. The number of amides is 1. The second-order valence-electron chi connectivity index (χ2n) is 5.46. The molecule has 0 fully saturated rings. The van der Waals surface area contributed by atoms with E-state index in [9.17, 15) is 18.0 Å². The molecule has 1 amide bonds. The van der Waals surface area contributed by atoms with Gasteiger partial charge in [0.2, 0.25) is 5.91 Å². The molecule has 0 saturated carbocycles. The van der Waals surface area contributed by atoms with Crippen molar-refractivity contribution in [3.63, 3.8) is 0 Å². The largest absolute Gasteiger partial charge is 0.323 e. The molecule has 1 heterocycles. The Bertz CT molecular complexity index is 940. The highest BCUT2D eigenvalue weighted by atomic mass is 32.1. The Labute approximate surface area is 146 Å². The fourth-order valence-corrected chi connectivity index (χ4v) is 3.10. The number of carbonyl (C=O) groups is 1. The molecule has 0 aliphatic carbocycles. The van der Waals surface area contributed by atoms with Gasteiger partial charge in [0.15, 0.2) is 17.5 Å². The molecule has 3 rings (SSSR count). The number of benzene rings is 2. The molecular weight excluding hydrogens is 349 g/mol. The quantitative estimate of drug-likeness (QED) is 0.683. The Morgan fingerprint density at radius 3 is 2.72 bits per heavy atom. The summed E-state index contributed by atoms with van der Waals surface area (Å²) in [4.78, 5) is 16.4. The molecule has 1 aromatic heterocycles. The molecule has 0 atom stereocenters. The van der Waals surface area contributed by atoms with E-state index in [2.05, 4.69) is 10.3 Å². The molecule has 1 N–H and O–H groups in total. The summed E-state index contributed by atoms with van der Waals surface area (Å²) in [5.74, 6) is -4.91. The van der Waals surface area contributed by atoms with Gasteiger partial charge in [0.05, 0.1) is 17.8 Å². The lowest BCUT2D eigenvalue weighted by atomic mass is 10.1. The average molecular weight is 362 g/mol. The minimum absolute atomic E-state index is 0.0965. The van der Waals surface area contributed by atoms with Crippen LogP contribution in [-0.2, 0) is 11.2 Å². The van der Waals surface area contributed by atoms with E-state index in [1.54, 1.807) is 5.38 Å². The fraction of sp³-hybridized carbons (Fsp3) is 0.111. The summed E-state index contributed by atoms with van der Waals surface area (Å²) in [7, 11) is 0. The summed E-state index contributed by atoms with van der Waals surface area (Å²) in [6, 6.07) is 9.54. The number of halogens is 3. The van der Waals surface area contributed by atoms with Gasteiger partial charge < -0.3 is 5.32 Å². The van der Waals surface area contributed by atoms with Crippen molar-refractivity contribution in [2.45, 2.75) is 13.3 Å². The van der Waals surface area contributed by atoms with E-state index in [0.29, 0.717) is 5.69 Å². The first-order chi connectivity index (χ1) is 11.9. The molecule has 0 bridgehead atoms. The van der Waals surface area contributed by atoms with Crippen molar-refractivity contribution in [2.75, 3.05) is 5.32 Å². The minimum atomic E-state index is -1.62. The highest BCUT2D eigenvalue weighted by Gasteiger charge is 2.16. The summed E-state index contributed by atoms with van der Waals surface area (Å²) in [6.45, 7) is 1.97. The van der Waals surface area contributed by atoms with E-state index in [1.165, 1.54) is 11.3 Å². The van der Waals surface area contributed by atoms with Crippen molar-refractivity contribution in [3.05, 3.63) is 70.5 Å². The van der Waals surface area contributed by atoms with Crippen molar-refractivity contribution in [3.8, 4) is 10.6 Å². The third-order valence-electron chi connectivity index (χ3n) is 3.47. The van der Waals surface area contributed by atoms with Crippen LogP contribution in [0, 0.1) is 24.4 Å². The predicted octanol–water partition coefficient (Wildman–Crippen LogP) is 4.72. The SMILES string of the molecule is Cc1cccc(-c2nc(CC(=O)Nc3ccc(F)c(F)c3F)cs2)c1. The first-order valence-corrected chi connectivity index (χ1v) is 8.27. The maximum atomic E-state index is 13.6. The van der Waals surface area contributed by atoms with Crippen LogP contribution in [0.4, 0.5) is 18.9 Å². The van der Waals surface area contributed by atoms with Gasteiger partial charge in [-0.25, -0.2) is 18.2 Å². The number of hydrogen-bond acceptors (Lipinski definition) is 3. The molecule has 0 spiro atoms. The van der Waals surface area contributed by atoms with Gasteiger partial charge in [0, 0.05) is 10.9 Å². The van der Waals surface area contributed by atoms with Crippen LogP contribution in [0.1, 0.15) is 11.3 Å². The van der Waals surface area contributed by atoms with Gasteiger partial charge in [-0.15, -0.1) is 11.3 Å². The molecule has 0 unspecified atom stereocenters. The molecule has 0 radical (unpaired) electrons. The zero-order valence-corrected chi connectivity index (χ0v) is 14.0. The Hall–Kier alpha value is -2.67. The van der Waals surface area contributed by atoms with Crippen molar-refractivity contribution >= 4 is 22.9 Å². The topological polar surface area (TPSA) is 42.0 Å². The molecule has 3 aromatic rings. The maximum Gasteiger partial charge on any atom is 0.230 e. The first-order valence-electron chi connectivity index (χ1n) is 7.39. The standard InChI is InChI=1S/C18H13F3N2OS/c1-10-3-2-4-11(7-10)18-22-12(9-25-18)8-15(24)23-14-6-5-13(19)16(20)17(14)21/h2-7,9H,8H2,1H3,(H,23,24). The Morgan fingerprint density at radius 2 is 1.96 bits per heavy atom. The molecule has 0 aliphatic rings. The molecule has 7 heteroatoms. The Kier molecular flexibility index (Phi) is 4.85. The van der Waals surface area contributed by atoms with Gasteiger partial charge in [0.1, 0.15) is 5.01 Å². The van der Waals surface area contributed by atoms with Crippen LogP contribution >= 0.6 is 11.3 Å². The summed E-state index contributed by atoms with van der Waals surface area (Å²) >= 11 is 1.39. The molecule has 0 saturated heterocycles. The van der Waals surface area contributed by atoms with Crippen LogP contribution in [0.2, 0.25) is 0 Å². The molecule has 3 nitrogen and oxygen atoms in total. The number of nitrogens with zero attached hydrogens (tertiary/aromatic N) is 1. The van der Waals surface area contributed by atoms with Gasteiger partial charge >= 0.3 is 0 Å². The number of carbonyl (C=O) groups excluding carboxylic acids is 1. The summed E-state index contributed by atoms with van der Waals surface area (Å²) < 4.78 is 39.7. The summed E-state index contributed by atoms with van der Waals surface area (Å²) in [5.41, 5.74) is 2.16. The van der Waals surface area contributed by atoms with E-state index in [0.717, 1.165) is 28.3 Å². The number of anilines is 1. The van der Waals surface area contributed by atoms with Crippen molar-refractivity contribution < 1.29 is 18.0 Å². The third kappa shape index (κ3) is 3.88. The van der Waals surface area contributed by atoms with E-state index in [1.807, 2.05) is 31.2 Å². The van der Waals surface area contributed by atoms with Gasteiger partial charge in [-0.1, -0.05) is 23.8 Å². The number of aromatic nitrogens is 1. The van der Waals surface area contributed by atoms with Gasteiger partial charge in [-0.2, -0.15) is 0 Å². The van der Waals surface area contributed by atoms with E-state index in [-0.39, 0.29) is 6.42 Å². The number of thiazole rings is 1. The van der Waals surface area contributed by atoms with E-state index < -0.39 is 29.0 Å². The molecule has 0 aliphatic heterocycles. The normalized spacial score (nSPS) is 10.7. The summed E-state index contributed by atoms with van der Waals surface area (Å²) in [5, 5.41) is 4.73.